The van der Waals surface area contributed by atoms with E-state index in [4.69, 9.17) is 69.6 Å². The molecule has 0 atom stereocenters. The lowest BCUT2D eigenvalue weighted by Gasteiger charge is -2.18. The van der Waals surface area contributed by atoms with Crippen molar-refractivity contribution in [2.45, 2.75) is 4.84 Å². The van der Waals surface area contributed by atoms with Crippen molar-refractivity contribution >= 4 is 75.6 Å². The summed E-state index contributed by atoms with van der Waals surface area (Å²) in [4.78, 5) is 9.03. The van der Waals surface area contributed by atoms with Gasteiger partial charge in [-0.25, -0.2) is 4.79 Å². The maximum absolute atomic E-state index is 10.8. The van der Waals surface area contributed by atoms with Gasteiger partial charge in [-0.1, -0.05) is 23.2 Å². The molecule has 0 bridgehead atoms. The molecule has 0 aromatic heterocycles. The fourth-order valence-electron chi connectivity index (χ4n) is 0.294. The summed E-state index contributed by atoms with van der Waals surface area (Å²) < 4.78 is 4.05. The zero-order chi connectivity index (χ0) is 10.6. The Balaban J connectivity index is 4.48. The standard InChI is InChI=1S/C5HCl6O2/c6-2(7)1(3(8)9)13-5(12)4(10)11/h4H/q-1. The Hall–Kier alpha value is 0.820. The number of hydrogen-bond donors (Lipinski definition) is 0. The number of carbonyl (C=O) groups is 1. The summed E-state index contributed by atoms with van der Waals surface area (Å²) in [5.41, 5.74) is 0. The Morgan fingerprint density at radius 2 is 1.69 bits per heavy atom. The minimum atomic E-state index is -1.37. The smallest absolute Gasteiger partial charge is 0.342 e. The van der Waals surface area contributed by atoms with Gasteiger partial charge in [-0.3, -0.25) is 0 Å². The molecule has 0 amide bonds. The first kappa shape index (κ1) is 13.8. The van der Waals surface area contributed by atoms with Crippen LogP contribution >= 0.6 is 69.6 Å². The average Bonchev–Trinajstić information content (AvgIpc) is 1.97. The third kappa shape index (κ3) is 5.31. The van der Waals surface area contributed by atoms with Crippen LogP contribution in [0.2, 0.25) is 0 Å². The third-order valence-electron chi connectivity index (χ3n) is 0.724. The Kier molecular flexibility index (Phi) is 6.73. The first-order chi connectivity index (χ1) is 5.86. The fourth-order valence-corrected chi connectivity index (χ4v) is 1.11. The van der Waals surface area contributed by atoms with Crippen LogP contribution in [-0.4, -0.2) is 10.8 Å². The largest absolute Gasteiger partial charge is 0.459 e. The molecule has 0 unspecified atom stereocenters. The molecule has 2 nitrogen and oxygen atoms in total. The third-order valence-corrected chi connectivity index (χ3v) is 1.77. The summed E-state index contributed by atoms with van der Waals surface area (Å²) in [7, 11) is 0. The zero-order valence-electron chi connectivity index (χ0n) is 5.66. The minimum Gasteiger partial charge on any atom is -0.459 e. The molecule has 0 aliphatic heterocycles. The van der Waals surface area contributed by atoms with Crippen molar-refractivity contribution in [2.24, 2.45) is 0 Å². The molecular weight excluding hydrogens is 305 g/mol. The van der Waals surface area contributed by atoms with Crippen LogP contribution in [0, 0.1) is 4.84 Å². The predicted molar refractivity (Wildman–Crippen MR) is 55.3 cm³/mol. The van der Waals surface area contributed by atoms with Crippen molar-refractivity contribution in [1.29, 1.82) is 0 Å². The van der Waals surface area contributed by atoms with Crippen LogP contribution in [0.25, 0.3) is 0 Å². The van der Waals surface area contributed by atoms with Gasteiger partial charge in [-0.2, -0.15) is 46.4 Å². The lowest BCUT2D eigenvalue weighted by atomic mass is 10.6. The van der Waals surface area contributed by atoms with E-state index < -0.39 is 20.1 Å². The van der Waals surface area contributed by atoms with Crippen LogP contribution < -0.4 is 0 Å². The summed E-state index contributed by atoms with van der Waals surface area (Å²) >= 11 is 31.5. The van der Waals surface area contributed by atoms with Gasteiger partial charge >= 0.3 is 5.97 Å². The number of carbonyl (C=O) groups excluding carboxylic acids is 1. The predicted octanol–water partition coefficient (Wildman–Crippen LogP) is 3.95. The van der Waals surface area contributed by atoms with Gasteiger partial charge in [0.05, 0.1) is 0 Å². The van der Waals surface area contributed by atoms with Crippen LogP contribution in [-0.2, 0) is 9.53 Å². The highest BCUT2D eigenvalue weighted by atomic mass is 35.5. The number of esters is 1. The lowest BCUT2D eigenvalue weighted by Crippen LogP contribution is -2.13. The monoisotopic (exact) mass is 303 g/mol. The molecule has 0 fully saturated rings. The number of allylic oxidation sites excluding steroid dienone is 1. The van der Waals surface area contributed by atoms with Gasteiger partial charge in [0, 0.05) is 5.76 Å². The van der Waals surface area contributed by atoms with Crippen LogP contribution in [0.1, 0.15) is 0 Å². The molecule has 0 rings (SSSR count). The normalized spacial score (nSPS) is 9.77. The maximum Gasteiger partial charge on any atom is 0.342 e. The van der Waals surface area contributed by atoms with Crippen LogP contribution in [0.4, 0.5) is 0 Å². The van der Waals surface area contributed by atoms with E-state index in [1.165, 1.54) is 0 Å². The molecule has 0 spiro atoms. The summed E-state index contributed by atoms with van der Waals surface area (Å²) in [6.45, 7) is 0. The van der Waals surface area contributed by atoms with Gasteiger partial charge in [0.15, 0.2) is 0 Å². The molecule has 0 aromatic carbocycles. The van der Waals surface area contributed by atoms with Crippen molar-refractivity contribution < 1.29 is 9.53 Å². The Morgan fingerprint density at radius 3 is 1.92 bits per heavy atom. The lowest BCUT2D eigenvalue weighted by molar-refractivity contribution is -0.137. The molecule has 0 aliphatic rings. The molecule has 0 saturated carbocycles. The number of hydrogen-bond acceptors (Lipinski definition) is 2. The topological polar surface area (TPSA) is 26.3 Å². The molecular formula is C5HCl6O2-. The molecule has 0 aliphatic carbocycles. The highest BCUT2D eigenvalue weighted by Gasteiger charge is 2.15. The number of ether oxygens (including phenoxy) is 1. The summed E-state index contributed by atoms with van der Waals surface area (Å²) in [5, 5.41) is 0. The SMILES string of the molecule is O=C(OC(=C(Cl)Cl)[C-](Cl)Cl)C(Cl)Cl. The van der Waals surface area contributed by atoms with E-state index in [-0.39, 0.29) is 5.76 Å². The first-order valence-corrected chi connectivity index (χ1v) is 4.98. The van der Waals surface area contributed by atoms with Gasteiger partial charge in [0.1, 0.15) is 0 Å². The fraction of sp³-hybridized carbons (Fsp3) is 0.200. The Labute approximate surface area is 105 Å². The molecule has 0 radical (unpaired) electrons. The average molecular weight is 306 g/mol. The van der Waals surface area contributed by atoms with E-state index in [0.29, 0.717) is 0 Å². The minimum absolute atomic E-state index is 0.386. The quantitative estimate of drug-likeness (QED) is 0.341. The van der Waals surface area contributed by atoms with E-state index in [2.05, 4.69) is 4.74 Å². The van der Waals surface area contributed by atoms with E-state index in [1.807, 2.05) is 0 Å². The highest BCUT2D eigenvalue weighted by molar-refractivity contribution is 6.60. The van der Waals surface area contributed by atoms with Crippen LogP contribution in [0.5, 0.6) is 0 Å². The van der Waals surface area contributed by atoms with Gasteiger partial charge in [0.25, 0.3) is 0 Å². The van der Waals surface area contributed by atoms with Gasteiger partial charge in [-0.15, -0.1) is 0 Å². The maximum atomic E-state index is 10.8. The Bertz CT molecular complexity index is 219. The molecule has 13 heavy (non-hydrogen) atoms. The van der Waals surface area contributed by atoms with Gasteiger partial charge in [0.2, 0.25) is 4.84 Å². The molecule has 0 saturated heterocycles. The van der Waals surface area contributed by atoms with Crippen molar-refractivity contribution in [3.8, 4) is 0 Å². The Morgan fingerprint density at radius 1 is 1.23 bits per heavy atom. The van der Waals surface area contributed by atoms with Crippen molar-refractivity contribution in [3.63, 3.8) is 0 Å². The summed E-state index contributed by atoms with van der Waals surface area (Å²) in [6.07, 6.45) is 0. The second-order valence-corrected chi connectivity index (χ2v) is 4.57. The van der Waals surface area contributed by atoms with Crippen molar-refractivity contribution in [3.05, 3.63) is 15.1 Å². The molecule has 0 heterocycles. The molecule has 76 valence electrons. The molecule has 0 N–H and O–H groups in total. The second-order valence-electron chi connectivity index (χ2n) is 1.57. The molecule has 8 heteroatoms. The molecule has 0 aromatic rings. The van der Waals surface area contributed by atoms with Crippen molar-refractivity contribution in [2.75, 3.05) is 0 Å². The number of alkyl halides is 2. The second kappa shape index (κ2) is 6.33. The van der Waals surface area contributed by atoms with Gasteiger partial charge in [-0.05, 0) is 9.33 Å². The van der Waals surface area contributed by atoms with E-state index in [1.54, 1.807) is 0 Å². The number of halogens is 6. The van der Waals surface area contributed by atoms with Gasteiger partial charge < -0.3 is 4.74 Å². The highest BCUT2D eigenvalue weighted by Crippen LogP contribution is 2.31. The van der Waals surface area contributed by atoms with E-state index in [9.17, 15) is 4.79 Å². The van der Waals surface area contributed by atoms with E-state index >= 15 is 0 Å². The first-order valence-electron chi connectivity index (χ1n) is 2.59. The van der Waals surface area contributed by atoms with Crippen LogP contribution in [0.3, 0.4) is 0 Å². The van der Waals surface area contributed by atoms with Crippen molar-refractivity contribution in [1.82, 2.24) is 0 Å². The summed E-state index contributed by atoms with van der Waals surface area (Å²) in [6, 6.07) is 0. The van der Waals surface area contributed by atoms with E-state index in [0.717, 1.165) is 0 Å². The zero-order valence-corrected chi connectivity index (χ0v) is 10.2. The summed E-state index contributed by atoms with van der Waals surface area (Å²) in [5.74, 6) is -1.36. The van der Waals surface area contributed by atoms with Crippen LogP contribution in [0.15, 0.2) is 10.3 Å². The number of rotatable bonds is 3.